The average Bonchev–Trinajstić information content (AvgIpc) is 2.94. The SMILES string of the molecule is CN(C)C(=O)Nc1cnn(CC(=O)N2CCOCC2CO)n1. The molecule has 0 aromatic carbocycles. The summed E-state index contributed by atoms with van der Waals surface area (Å²) in [6.45, 7) is 0.976. The van der Waals surface area contributed by atoms with E-state index in [1.165, 1.54) is 15.9 Å². The number of morpholine rings is 1. The molecule has 1 unspecified atom stereocenters. The van der Waals surface area contributed by atoms with Crippen molar-refractivity contribution < 1.29 is 19.4 Å². The first-order valence-electron chi connectivity index (χ1n) is 6.87. The summed E-state index contributed by atoms with van der Waals surface area (Å²) in [5, 5.41) is 19.8. The first-order chi connectivity index (χ1) is 10.5. The van der Waals surface area contributed by atoms with E-state index in [0.29, 0.717) is 19.8 Å². The summed E-state index contributed by atoms with van der Waals surface area (Å²) in [5.41, 5.74) is 0. The Balaban J connectivity index is 1.94. The summed E-state index contributed by atoms with van der Waals surface area (Å²) in [6.07, 6.45) is 1.37. The number of carbonyl (C=O) groups excluding carboxylic acids is 2. The van der Waals surface area contributed by atoms with E-state index < -0.39 is 0 Å². The normalized spacial score (nSPS) is 18.1. The molecule has 0 radical (unpaired) electrons. The maximum atomic E-state index is 12.2. The van der Waals surface area contributed by atoms with Crippen molar-refractivity contribution in [2.45, 2.75) is 12.6 Å². The van der Waals surface area contributed by atoms with E-state index in [1.807, 2.05) is 0 Å². The van der Waals surface area contributed by atoms with Crippen molar-refractivity contribution in [2.24, 2.45) is 0 Å². The van der Waals surface area contributed by atoms with E-state index in [2.05, 4.69) is 15.5 Å². The lowest BCUT2D eigenvalue weighted by Crippen LogP contribution is -2.51. The van der Waals surface area contributed by atoms with E-state index in [0.717, 1.165) is 0 Å². The van der Waals surface area contributed by atoms with Crippen molar-refractivity contribution >= 4 is 17.8 Å². The minimum absolute atomic E-state index is 0.0612. The van der Waals surface area contributed by atoms with Gasteiger partial charge in [-0.15, -0.1) is 5.10 Å². The minimum Gasteiger partial charge on any atom is -0.394 e. The van der Waals surface area contributed by atoms with Gasteiger partial charge < -0.3 is 19.6 Å². The number of hydrogen-bond acceptors (Lipinski definition) is 6. The number of urea groups is 1. The molecule has 22 heavy (non-hydrogen) atoms. The molecule has 2 rings (SSSR count). The predicted molar refractivity (Wildman–Crippen MR) is 76.1 cm³/mol. The number of aromatic nitrogens is 3. The van der Waals surface area contributed by atoms with Crippen LogP contribution in [0.3, 0.4) is 0 Å². The number of ether oxygens (including phenoxy) is 1. The Kier molecular flexibility index (Phi) is 5.28. The number of anilines is 1. The summed E-state index contributed by atoms with van der Waals surface area (Å²) >= 11 is 0. The van der Waals surface area contributed by atoms with Gasteiger partial charge in [0.15, 0.2) is 5.82 Å². The van der Waals surface area contributed by atoms with Crippen LogP contribution in [0.4, 0.5) is 10.6 Å². The van der Waals surface area contributed by atoms with Gasteiger partial charge in [0.1, 0.15) is 6.54 Å². The molecule has 10 nitrogen and oxygen atoms in total. The van der Waals surface area contributed by atoms with Gasteiger partial charge in [0, 0.05) is 20.6 Å². The highest BCUT2D eigenvalue weighted by Crippen LogP contribution is 2.08. The molecule has 0 spiro atoms. The Morgan fingerprint density at radius 2 is 2.32 bits per heavy atom. The van der Waals surface area contributed by atoms with Crippen LogP contribution in [0.25, 0.3) is 0 Å². The molecule has 1 saturated heterocycles. The van der Waals surface area contributed by atoms with Crippen molar-refractivity contribution in [1.82, 2.24) is 24.8 Å². The van der Waals surface area contributed by atoms with Crippen molar-refractivity contribution in [3.05, 3.63) is 6.20 Å². The van der Waals surface area contributed by atoms with Crippen LogP contribution >= 0.6 is 0 Å². The summed E-state index contributed by atoms with van der Waals surface area (Å²) in [6, 6.07) is -0.670. The zero-order valence-corrected chi connectivity index (χ0v) is 12.6. The Labute approximate surface area is 127 Å². The first kappa shape index (κ1) is 16.2. The van der Waals surface area contributed by atoms with Crippen LogP contribution in [-0.4, -0.2) is 88.3 Å². The van der Waals surface area contributed by atoms with Gasteiger partial charge in [-0.3, -0.25) is 10.1 Å². The van der Waals surface area contributed by atoms with Gasteiger partial charge in [-0.1, -0.05) is 0 Å². The molecule has 0 bridgehead atoms. The summed E-state index contributed by atoms with van der Waals surface area (Å²) in [4.78, 5) is 27.9. The molecular weight excluding hydrogens is 292 g/mol. The predicted octanol–water partition coefficient (Wildman–Crippen LogP) is -1.41. The Morgan fingerprint density at radius 1 is 1.55 bits per heavy atom. The second-order valence-corrected chi connectivity index (χ2v) is 5.08. The molecule has 2 N–H and O–H groups in total. The quantitative estimate of drug-likeness (QED) is 0.706. The van der Waals surface area contributed by atoms with Crippen LogP contribution < -0.4 is 5.32 Å². The van der Waals surface area contributed by atoms with E-state index >= 15 is 0 Å². The van der Waals surface area contributed by atoms with Crippen LogP contribution in [0.2, 0.25) is 0 Å². The highest BCUT2D eigenvalue weighted by Gasteiger charge is 2.27. The van der Waals surface area contributed by atoms with Crippen LogP contribution in [-0.2, 0) is 16.1 Å². The van der Waals surface area contributed by atoms with Gasteiger partial charge >= 0.3 is 6.03 Å². The van der Waals surface area contributed by atoms with Crippen molar-refractivity contribution in [3.63, 3.8) is 0 Å². The first-order valence-corrected chi connectivity index (χ1v) is 6.87. The monoisotopic (exact) mass is 312 g/mol. The molecule has 1 aliphatic rings. The zero-order chi connectivity index (χ0) is 16.1. The van der Waals surface area contributed by atoms with Gasteiger partial charge in [0.2, 0.25) is 5.91 Å². The number of aliphatic hydroxyl groups is 1. The van der Waals surface area contributed by atoms with Crippen molar-refractivity contribution in [1.29, 1.82) is 0 Å². The third-order valence-electron chi connectivity index (χ3n) is 3.21. The molecule has 122 valence electrons. The van der Waals surface area contributed by atoms with Crippen LogP contribution in [0.15, 0.2) is 6.20 Å². The standard InChI is InChI=1S/C12H20N6O4/c1-16(2)12(21)14-10-5-13-18(15-10)6-11(20)17-3-4-22-8-9(17)7-19/h5,9,19H,3-4,6-8H2,1-2H3,(H,14,15,21). The molecule has 0 saturated carbocycles. The maximum Gasteiger partial charge on any atom is 0.322 e. The smallest absolute Gasteiger partial charge is 0.322 e. The Bertz CT molecular complexity index is 531. The summed E-state index contributed by atoms with van der Waals surface area (Å²) in [7, 11) is 3.22. The Hall–Kier alpha value is -2.20. The summed E-state index contributed by atoms with van der Waals surface area (Å²) in [5.74, 6) is 0.0654. The lowest BCUT2D eigenvalue weighted by molar-refractivity contribution is -0.142. The number of nitrogens with one attached hydrogen (secondary N) is 1. The maximum absolute atomic E-state index is 12.2. The second kappa shape index (κ2) is 7.18. The number of amides is 3. The highest BCUT2D eigenvalue weighted by atomic mass is 16.5. The van der Waals surface area contributed by atoms with E-state index in [9.17, 15) is 14.7 Å². The lowest BCUT2D eigenvalue weighted by atomic mass is 10.2. The number of nitrogens with zero attached hydrogens (tertiary/aromatic N) is 5. The van der Waals surface area contributed by atoms with Gasteiger partial charge in [0.05, 0.1) is 32.1 Å². The van der Waals surface area contributed by atoms with Crippen molar-refractivity contribution in [3.8, 4) is 0 Å². The molecule has 1 atom stereocenters. The molecule has 1 aliphatic heterocycles. The lowest BCUT2D eigenvalue weighted by Gasteiger charge is -2.34. The molecule has 1 aromatic heterocycles. The van der Waals surface area contributed by atoms with Crippen LogP contribution in [0, 0.1) is 0 Å². The molecule has 0 aliphatic carbocycles. The van der Waals surface area contributed by atoms with Gasteiger partial charge in [-0.2, -0.15) is 9.90 Å². The molecular formula is C12H20N6O4. The fourth-order valence-corrected chi connectivity index (χ4v) is 2.00. The molecule has 2 heterocycles. The summed E-state index contributed by atoms with van der Waals surface area (Å²) < 4.78 is 5.23. The van der Waals surface area contributed by atoms with E-state index in [4.69, 9.17) is 4.74 Å². The third kappa shape index (κ3) is 3.92. The molecule has 3 amide bonds. The van der Waals surface area contributed by atoms with E-state index in [-0.39, 0.29) is 36.9 Å². The molecule has 1 fully saturated rings. The second-order valence-electron chi connectivity index (χ2n) is 5.08. The van der Waals surface area contributed by atoms with Gasteiger partial charge in [-0.05, 0) is 0 Å². The third-order valence-corrected chi connectivity index (χ3v) is 3.21. The minimum atomic E-state index is -0.343. The van der Waals surface area contributed by atoms with Crippen LogP contribution in [0.5, 0.6) is 0 Å². The number of rotatable bonds is 4. The van der Waals surface area contributed by atoms with Crippen LogP contribution in [0.1, 0.15) is 0 Å². The van der Waals surface area contributed by atoms with E-state index in [1.54, 1.807) is 19.0 Å². The number of carbonyl (C=O) groups is 2. The van der Waals surface area contributed by atoms with Gasteiger partial charge in [-0.25, -0.2) is 4.79 Å². The molecule has 10 heteroatoms. The fraction of sp³-hybridized carbons (Fsp3) is 0.667. The number of aliphatic hydroxyl groups excluding tert-OH is 1. The van der Waals surface area contributed by atoms with Gasteiger partial charge in [0.25, 0.3) is 0 Å². The Morgan fingerprint density at radius 3 is 3.00 bits per heavy atom. The molecule has 1 aromatic rings. The highest BCUT2D eigenvalue weighted by molar-refractivity contribution is 5.87. The average molecular weight is 312 g/mol. The fourth-order valence-electron chi connectivity index (χ4n) is 2.00. The zero-order valence-electron chi connectivity index (χ0n) is 12.6. The number of hydrogen-bond donors (Lipinski definition) is 2. The topological polar surface area (TPSA) is 113 Å². The van der Waals surface area contributed by atoms with Crippen molar-refractivity contribution in [2.75, 3.05) is 45.8 Å². The largest absolute Gasteiger partial charge is 0.394 e.